The van der Waals surface area contributed by atoms with E-state index in [0.29, 0.717) is 12.1 Å². The molecule has 0 amide bonds. The molecule has 0 fully saturated rings. The molecule has 3 aromatic rings. The van der Waals surface area contributed by atoms with Crippen LogP contribution in [0.2, 0.25) is 10.0 Å². The van der Waals surface area contributed by atoms with Gasteiger partial charge in [0, 0.05) is 0 Å². The molecule has 0 spiro atoms. The van der Waals surface area contributed by atoms with Gasteiger partial charge in [-0.15, -0.1) is 11.3 Å². The van der Waals surface area contributed by atoms with E-state index in [-0.39, 0.29) is 32.8 Å². The monoisotopic (exact) mass is 426 g/mol. The molecule has 0 saturated carbocycles. The molecule has 4 nitrogen and oxygen atoms in total. The highest BCUT2D eigenvalue weighted by atomic mass is 35.5. The number of nitrogens with two attached hydrogens (primary N) is 1. The predicted molar refractivity (Wildman–Crippen MR) is 98.0 cm³/mol. The first-order valence-corrected chi connectivity index (χ1v) is 8.76. The van der Waals surface area contributed by atoms with Crippen LogP contribution < -0.4 is 5.73 Å². The molecular formula is C17H7Cl2F3N4S. The van der Waals surface area contributed by atoms with E-state index in [1.165, 1.54) is 11.3 Å². The highest BCUT2D eigenvalue weighted by molar-refractivity contribution is 7.10. The summed E-state index contributed by atoms with van der Waals surface area (Å²) in [6.45, 7) is 0. The van der Waals surface area contributed by atoms with Crippen LogP contribution in [-0.2, 0) is 6.18 Å². The molecule has 10 heteroatoms. The lowest BCUT2D eigenvalue weighted by molar-refractivity contribution is -0.137. The Bertz CT molecular complexity index is 1090. The van der Waals surface area contributed by atoms with E-state index in [2.05, 4.69) is 16.9 Å². The minimum absolute atomic E-state index is 0.0563. The lowest BCUT2D eigenvalue weighted by Crippen LogP contribution is -2.08. The van der Waals surface area contributed by atoms with Gasteiger partial charge in [0.2, 0.25) is 0 Å². The summed E-state index contributed by atoms with van der Waals surface area (Å²) in [5.41, 5.74) is 4.99. The van der Waals surface area contributed by atoms with Crippen LogP contribution in [0.4, 0.5) is 19.0 Å². The Labute approximate surface area is 165 Å². The normalized spacial score (nSPS) is 11.0. The molecule has 2 aromatic heterocycles. The first kappa shape index (κ1) is 19.1. The van der Waals surface area contributed by atoms with E-state index in [1.54, 1.807) is 6.07 Å². The fraction of sp³-hybridized carbons (Fsp3) is 0.0588. The number of hydrogen-bond donors (Lipinski definition) is 1. The summed E-state index contributed by atoms with van der Waals surface area (Å²) in [5, 5.41) is 14.5. The number of nitriles is 1. The van der Waals surface area contributed by atoms with Crippen LogP contribution in [0.25, 0.3) is 5.69 Å². The largest absolute Gasteiger partial charge is 0.416 e. The second-order valence-corrected chi connectivity index (χ2v) is 6.91. The number of alkyl halides is 3. The number of hydrogen-bond acceptors (Lipinski definition) is 4. The molecule has 3 rings (SSSR count). The molecule has 0 saturated heterocycles. The van der Waals surface area contributed by atoms with Crippen molar-refractivity contribution >= 4 is 40.4 Å². The molecule has 0 aliphatic heterocycles. The fourth-order valence-electron chi connectivity index (χ4n) is 2.21. The van der Waals surface area contributed by atoms with Gasteiger partial charge in [-0.25, -0.2) is 4.68 Å². The maximum atomic E-state index is 12.9. The molecule has 27 heavy (non-hydrogen) atoms. The maximum absolute atomic E-state index is 12.9. The minimum atomic E-state index is -4.61. The molecule has 0 bridgehead atoms. The van der Waals surface area contributed by atoms with Crippen molar-refractivity contribution in [3.05, 3.63) is 61.4 Å². The SMILES string of the molecule is N#Cc1nn(-c2c(Cl)cc(C(F)(F)F)cc2Cl)c(N)c1C#Cc1cccs1. The summed E-state index contributed by atoms with van der Waals surface area (Å²) < 4.78 is 39.7. The summed E-state index contributed by atoms with van der Waals surface area (Å²) in [7, 11) is 0. The van der Waals surface area contributed by atoms with Gasteiger partial charge in [-0.3, -0.25) is 0 Å². The molecule has 0 unspecified atom stereocenters. The van der Waals surface area contributed by atoms with Gasteiger partial charge in [0.05, 0.1) is 20.5 Å². The van der Waals surface area contributed by atoms with Gasteiger partial charge in [0.15, 0.2) is 5.69 Å². The molecule has 0 aliphatic rings. The molecule has 2 N–H and O–H groups in total. The van der Waals surface area contributed by atoms with Crippen molar-refractivity contribution in [3.8, 4) is 23.6 Å². The summed E-state index contributed by atoms with van der Waals surface area (Å²) in [6, 6.07) is 6.88. The van der Waals surface area contributed by atoms with Crippen LogP contribution in [0.3, 0.4) is 0 Å². The third-order valence-corrected chi connectivity index (χ3v) is 4.78. The second kappa shape index (κ2) is 7.16. The van der Waals surface area contributed by atoms with Crippen LogP contribution in [0, 0.1) is 23.2 Å². The summed E-state index contributed by atoms with van der Waals surface area (Å²) in [5.74, 6) is 5.56. The maximum Gasteiger partial charge on any atom is 0.416 e. The number of nitrogens with zero attached hydrogens (tertiary/aromatic N) is 3. The molecule has 136 valence electrons. The third-order valence-electron chi connectivity index (χ3n) is 3.41. The van der Waals surface area contributed by atoms with Gasteiger partial charge in [-0.1, -0.05) is 41.1 Å². The van der Waals surface area contributed by atoms with Gasteiger partial charge < -0.3 is 5.73 Å². The Balaban J connectivity index is 2.16. The summed E-state index contributed by atoms with van der Waals surface area (Å²) in [4.78, 5) is 0.747. The summed E-state index contributed by atoms with van der Waals surface area (Å²) >= 11 is 13.4. The van der Waals surface area contributed by atoms with E-state index in [9.17, 15) is 18.4 Å². The van der Waals surface area contributed by atoms with E-state index in [1.807, 2.05) is 17.5 Å². The van der Waals surface area contributed by atoms with Crippen LogP contribution in [0.15, 0.2) is 29.6 Å². The van der Waals surface area contributed by atoms with E-state index in [0.717, 1.165) is 9.56 Å². The summed E-state index contributed by atoms with van der Waals surface area (Å²) in [6.07, 6.45) is -4.61. The zero-order chi connectivity index (χ0) is 19.8. The Morgan fingerprint density at radius 1 is 1.19 bits per heavy atom. The smallest absolute Gasteiger partial charge is 0.383 e. The Hall–Kier alpha value is -2.65. The lowest BCUT2D eigenvalue weighted by Gasteiger charge is -2.13. The van der Waals surface area contributed by atoms with Crippen LogP contribution in [0.5, 0.6) is 0 Å². The lowest BCUT2D eigenvalue weighted by atomic mass is 10.2. The van der Waals surface area contributed by atoms with Gasteiger partial charge >= 0.3 is 6.18 Å². The topological polar surface area (TPSA) is 67.6 Å². The van der Waals surface area contributed by atoms with E-state index < -0.39 is 11.7 Å². The van der Waals surface area contributed by atoms with Gasteiger partial charge in [-0.05, 0) is 23.6 Å². The Morgan fingerprint density at radius 2 is 1.85 bits per heavy atom. The van der Waals surface area contributed by atoms with Crippen LogP contribution in [-0.4, -0.2) is 9.78 Å². The highest BCUT2D eigenvalue weighted by Gasteiger charge is 2.32. The Kier molecular flexibility index (Phi) is 5.07. The third kappa shape index (κ3) is 3.74. The first-order chi connectivity index (χ1) is 12.7. The van der Waals surface area contributed by atoms with E-state index >= 15 is 0 Å². The zero-order valence-corrected chi connectivity index (χ0v) is 15.4. The first-order valence-electron chi connectivity index (χ1n) is 7.13. The van der Waals surface area contributed by atoms with E-state index in [4.69, 9.17) is 28.9 Å². The second-order valence-electron chi connectivity index (χ2n) is 5.15. The van der Waals surface area contributed by atoms with Crippen molar-refractivity contribution in [3.63, 3.8) is 0 Å². The average molecular weight is 427 g/mol. The number of thiophene rings is 1. The van der Waals surface area contributed by atoms with Gasteiger partial charge in [0.25, 0.3) is 0 Å². The van der Waals surface area contributed by atoms with Crippen LogP contribution >= 0.6 is 34.5 Å². The van der Waals surface area contributed by atoms with Crippen molar-refractivity contribution in [2.24, 2.45) is 0 Å². The Morgan fingerprint density at radius 3 is 2.37 bits per heavy atom. The number of halogens is 5. The quantitative estimate of drug-likeness (QED) is 0.549. The molecular weight excluding hydrogens is 420 g/mol. The molecule has 0 atom stereocenters. The van der Waals surface area contributed by atoms with Gasteiger partial charge in [0.1, 0.15) is 23.1 Å². The number of benzene rings is 1. The van der Waals surface area contributed by atoms with Crippen molar-refractivity contribution in [2.45, 2.75) is 6.18 Å². The molecule has 1 aromatic carbocycles. The standard InChI is InChI=1S/C17H7Cl2F3N4S/c18-12-6-9(17(20,21)22)7-13(19)15(12)26-16(24)11(14(8-23)25-26)4-3-10-2-1-5-27-10/h1-2,5-7H,24H2. The predicted octanol–water partition coefficient (Wildman–Crippen LogP) is 5.11. The molecule has 0 aliphatic carbocycles. The number of anilines is 1. The van der Waals surface area contributed by atoms with Crippen LogP contribution in [0.1, 0.15) is 21.7 Å². The minimum Gasteiger partial charge on any atom is -0.383 e. The average Bonchev–Trinajstić information content (AvgIpc) is 3.20. The molecule has 2 heterocycles. The van der Waals surface area contributed by atoms with Crippen molar-refractivity contribution in [1.82, 2.24) is 9.78 Å². The zero-order valence-electron chi connectivity index (χ0n) is 13.1. The number of nitrogen functional groups attached to an aromatic ring is 1. The van der Waals surface area contributed by atoms with Crippen molar-refractivity contribution in [1.29, 1.82) is 5.26 Å². The van der Waals surface area contributed by atoms with Crippen molar-refractivity contribution in [2.75, 3.05) is 5.73 Å². The number of rotatable bonds is 1. The van der Waals surface area contributed by atoms with Gasteiger partial charge in [-0.2, -0.15) is 23.5 Å². The van der Waals surface area contributed by atoms with Crippen molar-refractivity contribution < 1.29 is 13.2 Å². The number of aromatic nitrogens is 2. The molecule has 0 radical (unpaired) electrons. The fourth-order valence-corrected chi connectivity index (χ4v) is 3.43. The highest BCUT2D eigenvalue weighted by Crippen LogP contribution is 2.38.